The number of hydrogen-bond donors (Lipinski definition) is 0. The molecule has 0 atom stereocenters. The summed E-state index contributed by atoms with van der Waals surface area (Å²) >= 11 is 0. The third-order valence-corrected chi connectivity index (χ3v) is 3.31. The summed E-state index contributed by atoms with van der Waals surface area (Å²) in [6, 6.07) is 9.42. The van der Waals surface area contributed by atoms with Crippen LogP contribution in [0.3, 0.4) is 0 Å². The highest BCUT2D eigenvalue weighted by molar-refractivity contribution is 6.13. The van der Waals surface area contributed by atoms with Gasteiger partial charge in [0, 0.05) is 38.1 Å². The highest BCUT2D eigenvalue weighted by Crippen LogP contribution is 2.26. The maximum absolute atomic E-state index is 13.2. The number of hydrogen-bond acceptors (Lipinski definition) is 4. The molecular formula is C17H15FN4O. The van der Waals surface area contributed by atoms with E-state index in [1.807, 2.05) is 14.1 Å². The van der Waals surface area contributed by atoms with E-state index in [1.54, 1.807) is 41.6 Å². The molecule has 0 aliphatic rings. The zero-order valence-electron chi connectivity index (χ0n) is 12.8. The van der Waals surface area contributed by atoms with Crippen molar-refractivity contribution in [2.75, 3.05) is 14.1 Å². The first-order valence-corrected chi connectivity index (χ1v) is 7.05. The number of carbonyl (C=O) groups excluding carboxylic acids is 1. The fourth-order valence-electron chi connectivity index (χ4n) is 2.25. The van der Waals surface area contributed by atoms with Crippen molar-refractivity contribution < 1.29 is 9.18 Å². The number of halogens is 1. The molecule has 1 aromatic carbocycles. The Hall–Kier alpha value is -3.02. The van der Waals surface area contributed by atoms with Gasteiger partial charge in [0.1, 0.15) is 11.5 Å². The molecule has 0 aliphatic heterocycles. The largest absolute Gasteiger partial charge is 0.383 e. The number of benzene rings is 1. The number of ketones is 1. The highest BCUT2D eigenvalue weighted by Gasteiger charge is 2.19. The first-order valence-electron chi connectivity index (χ1n) is 7.05. The third-order valence-electron chi connectivity index (χ3n) is 3.31. The topological polar surface area (TPSA) is 50.5 Å². The first-order chi connectivity index (χ1) is 11.1. The number of nitrogens with zero attached hydrogens (tertiary/aromatic N) is 4. The summed E-state index contributed by atoms with van der Waals surface area (Å²) in [5, 5.41) is 8.50. The third kappa shape index (κ3) is 2.96. The lowest BCUT2D eigenvalue weighted by atomic mass is 10.0. The quantitative estimate of drug-likeness (QED) is 0.549. The molecule has 0 aliphatic carbocycles. The Morgan fingerprint density at radius 1 is 1.22 bits per heavy atom. The van der Waals surface area contributed by atoms with Gasteiger partial charge < -0.3 is 4.90 Å². The molecule has 2 heterocycles. The SMILES string of the molecule is CN(C)/C=C/C(=O)c1c(-c2ccc(F)cc2)nn2ncccc12. The van der Waals surface area contributed by atoms with Crippen molar-refractivity contribution in [1.82, 2.24) is 19.7 Å². The van der Waals surface area contributed by atoms with E-state index >= 15 is 0 Å². The van der Waals surface area contributed by atoms with Gasteiger partial charge in [-0.1, -0.05) is 0 Å². The van der Waals surface area contributed by atoms with E-state index in [0.717, 1.165) is 0 Å². The van der Waals surface area contributed by atoms with Crippen LogP contribution in [0.4, 0.5) is 4.39 Å². The van der Waals surface area contributed by atoms with Gasteiger partial charge in [0.2, 0.25) is 0 Å². The van der Waals surface area contributed by atoms with Crippen LogP contribution in [-0.4, -0.2) is 39.6 Å². The van der Waals surface area contributed by atoms with Crippen LogP contribution >= 0.6 is 0 Å². The molecule has 23 heavy (non-hydrogen) atoms. The van der Waals surface area contributed by atoms with Crippen molar-refractivity contribution in [1.29, 1.82) is 0 Å². The summed E-state index contributed by atoms with van der Waals surface area (Å²) < 4.78 is 14.6. The van der Waals surface area contributed by atoms with Crippen LogP contribution in [-0.2, 0) is 0 Å². The predicted molar refractivity (Wildman–Crippen MR) is 85.5 cm³/mol. The van der Waals surface area contributed by atoms with Crippen molar-refractivity contribution in [3.05, 3.63) is 66.3 Å². The van der Waals surface area contributed by atoms with Crippen molar-refractivity contribution in [2.24, 2.45) is 0 Å². The predicted octanol–water partition coefficient (Wildman–Crippen LogP) is 2.79. The van der Waals surface area contributed by atoms with Crippen molar-refractivity contribution in [3.63, 3.8) is 0 Å². The maximum atomic E-state index is 13.2. The lowest BCUT2D eigenvalue weighted by Crippen LogP contribution is -2.04. The van der Waals surface area contributed by atoms with Gasteiger partial charge in [-0.3, -0.25) is 4.79 Å². The van der Waals surface area contributed by atoms with E-state index in [-0.39, 0.29) is 11.6 Å². The van der Waals surface area contributed by atoms with Crippen LogP contribution in [0.1, 0.15) is 10.4 Å². The smallest absolute Gasteiger partial charge is 0.191 e. The van der Waals surface area contributed by atoms with Gasteiger partial charge in [0.25, 0.3) is 0 Å². The van der Waals surface area contributed by atoms with Gasteiger partial charge in [0.15, 0.2) is 5.78 Å². The molecule has 6 heteroatoms. The number of aromatic nitrogens is 3. The van der Waals surface area contributed by atoms with Gasteiger partial charge in [-0.25, -0.2) is 4.39 Å². The molecule has 0 saturated heterocycles. The highest BCUT2D eigenvalue weighted by atomic mass is 19.1. The number of allylic oxidation sites excluding steroid dienone is 1. The Morgan fingerprint density at radius 2 is 1.96 bits per heavy atom. The standard InChI is InChI=1S/C17H15FN4O/c1-21(2)11-9-15(23)16-14-4-3-10-19-22(14)20-17(16)12-5-7-13(18)8-6-12/h3-11H,1-2H3/b11-9+. The molecule has 0 radical (unpaired) electrons. The van der Waals surface area contributed by atoms with E-state index in [9.17, 15) is 9.18 Å². The van der Waals surface area contributed by atoms with Crippen LogP contribution in [0.2, 0.25) is 0 Å². The van der Waals surface area contributed by atoms with E-state index in [0.29, 0.717) is 22.3 Å². The summed E-state index contributed by atoms with van der Waals surface area (Å²) in [4.78, 5) is 14.4. The molecule has 3 rings (SSSR count). The number of fused-ring (bicyclic) bond motifs is 1. The molecule has 116 valence electrons. The lowest BCUT2D eigenvalue weighted by Gasteiger charge is -2.03. The van der Waals surface area contributed by atoms with Crippen LogP contribution in [0.25, 0.3) is 16.8 Å². The van der Waals surface area contributed by atoms with Crippen LogP contribution in [0.5, 0.6) is 0 Å². The van der Waals surface area contributed by atoms with Crippen LogP contribution in [0.15, 0.2) is 54.9 Å². The maximum Gasteiger partial charge on any atom is 0.191 e. The molecule has 3 aromatic rings. The van der Waals surface area contributed by atoms with Crippen LogP contribution in [0, 0.1) is 5.82 Å². The van der Waals surface area contributed by atoms with Gasteiger partial charge >= 0.3 is 0 Å². The fourth-order valence-corrected chi connectivity index (χ4v) is 2.25. The Balaban J connectivity index is 2.19. The van der Waals surface area contributed by atoms with Gasteiger partial charge in [0.05, 0.1) is 11.1 Å². The summed E-state index contributed by atoms with van der Waals surface area (Å²) in [6.45, 7) is 0. The van der Waals surface area contributed by atoms with Crippen molar-refractivity contribution in [3.8, 4) is 11.3 Å². The second-order valence-electron chi connectivity index (χ2n) is 5.27. The normalized spacial score (nSPS) is 11.3. The van der Waals surface area contributed by atoms with Crippen LogP contribution < -0.4 is 0 Å². The molecule has 0 fully saturated rings. The average molecular weight is 310 g/mol. The minimum atomic E-state index is -0.337. The molecule has 0 spiro atoms. The van der Waals surface area contributed by atoms with E-state index in [1.165, 1.54) is 22.8 Å². The van der Waals surface area contributed by atoms with Gasteiger partial charge in [-0.15, -0.1) is 5.10 Å². The Kier molecular flexibility index (Phi) is 3.89. The number of carbonyl (C=O) groups is 1. The molecule has 5 nitrogen and oxygen atoms in total. The summed E-state index contributed by atoms with van der Waals surface area (Å²) in [5.74, 6) is -0.517. The second-order valence-corrected chi connectivity index (χ2v) is 5.27. The summed E-state index contributed by atoms with van der Waals surface area (Å²) in [6.07, 6.45) is 4.76. The number of rotatable bonds is 4. The summed E-state index contributed by atoms with van der Waals surface area (Å²) in [5.41, 5.74) is 2.21. The summed E-state index contributed by atoms with van der Waals surface area (Å²) in [7, 11) is 3.67. The second kappa shape index (κ2) is 6.00. The van der Waals surface area contributed by atoms with E-state index in [4.69, 9.17) is 0 Å². The molecule has 0 unspecified atom stereocenters. The molecule has 0 amide bonds. The fraction of sp³-hybridized carbons (Fsp3) is 0.118. The average Bonchev–Trinajstić information content (AvgIpc) is 2.92. The Morgan fingerprint density at radius 3 is 2.65 bits per heavy atom. The van der Waals surface area contributed by atoms with Gasteiger partial charge in [-0.2, -0.15) is 9.73 Å². The first kappa shape index (κ1) is 14.9. The van der Waals surface area contributed by atoms with Gasteiger partial charge in [-0.05, 0) is 36.4 Å². The molecular weight excluding hydrogens is 295 g/mol. The van der Waals surface area contributed by atoms with Crippen molar-refractivity contribution >= 4 is 11.3 Å². The lowest BCUT2D eigenvalue weighted by molar-refractivity contribution is 0.104. The zero-order chi connectivity index (χ0) is 16.4. The molecule has 0 bridgehead atoms. The van der Waals surface area contributed by atoms with E-state index < -0.39 is 0 Å². The van der Waals surface area contributed by atoms with Crippen molar-refractivity contribution in [2.45, 2.75) is 0 Å². The minimum absolute atomic E-state index is 0.180. The molecule has 2 aromatic heterocycles. The van der Waals surface area contributed by atoms with E-state index in [2.05, 4.69) is 10.2 Å². The Labute approximate surface area is 132 Å². The Bertz CT molecular complexity index is 881. The zero-order valence-corrected chi connectivity index (χ0v) is 12.8. The minimum Gasteiger partial charge on any atom is -0.383 e. The molecule has 0 saturated carbocycles. The molecule has 0 N–H and O–H groups in total. The monoisotopic (exact) mass is 310 g/mol.